The third-order valence-electron chi connectivity index (χ3n) is 3.91. The van der Waals surface area contributed by atoms with Gasteiger partial charge in [0.05, 0.1) is 24.4 Å². The largest absolute Gasteiger partial charge is 0.361 e. The Hall–Kier alpha value is -2.47. The fourth-order valence-electron chi connectivity index (χ4n) is 2.46. The summed E-state index contributed by atoms with van der Waals surface area (Å²) >= 11 is 1.59. The summed E-state index contributed by atoms with van der Waals surface area (Å²) in [4.78, 5) is 18.7. The highest BCUT2D eigenvalue weighted by molar-refractivity contribution is 7.13. The first-order chi connectivity index (χ1) is 11.5. The van der Waals surface area contributed by atoms with Crippen LogP contribution in [-0.2, 0) is 17.8 Å². The first kappa shape index (κ1) is 16.4. The van der Waals surface area contributed by atoms with E-state index in [4.69, 9.17) is 4.52 Å². The number of nitrogens with zero attached hydrogens (tertiary/aromatic N) is 3. The van der Waals surface area contributed by atoms with Crippen molar-refractivity contribution >= 4 is 17.2 Å². The second-order valence-electron chi connectivity index (χ2n) is 5.74. The molecule has 0 N–H and O–H groups in total. The van der Waals surface area contributed by atoms with Crippen molar-refractivity contribution in [1.82, 2.24) is 15.0 Å². The van der Waals surface area contributed by atoms with Gasteiger partial charge in [-0.05, 0) is 13.8 Å². The molecule has 2 aromatic heterocycles. The molecule has 0 radical (unpaired) electrons. The molecular weight excluding hydrogens is 322 g/mol. The van der Waals surface area contributed by atoms with E-state index in [0.29, 0.717) is 18.7 Å². The Morgan fingerprint density at radius 2 is 2.00 bits per heavy atom. The summed E-state index contributed by atoms with van der Waals surface area (Å²) in [7, 11) is 1.79. The number of benzene rings is 1. The molecule has 0 aliphatic rings. The van der Waals surface area contributed by atoms with Crippen molar-refractivity contribution in [2.24, 2.45) is 0 Å². The summed E-state index contributed by atoms with van der Waals surface area (Å²) in [5.74, 6) is 0.730. The molecule has 1 amide bonds. The van der Waals surface area contributed by atoms with Crippen LogP contribution in [0.5, 0.6) is 0 Å². The number of carbonyl (C=O) groups excluding carboxylic acids is 1. The zero-order valence-electron chi connectivity index (χ0n) is 13.9. The average molecular weight is 341 g/mol. The highest BCUT2D eigenvalue weighted by Gasteiger charge is 2.17. The number of thiazole rings is 1. The van der Waals surface area contributed by atoms with Gasteiger partial charge in [0.2, 0.25) is 5.91 Å². The van der Waals surface area contributed by atoms with Gasteiger partial charge >= 0.3 is 0 Å². The lowest BCUT2D eigenvalue weighted by molar-refractivity contribution is -0.129. The van der Waals surface area contributed by atoms with Gasteiger partial charge in [-0.15, -0.1) is 11.3 Å². The molecule has 0 unspecified atom stereocenters. The normalized spacial score (nSPS) is 10.8. The lowest BCUT2D eigenvalue weighted by Gasteiger charge is -2.15. The van der Waals surface area contributed by atoms with Crippen LogP contribution in [0, 0.1) is 13.8 Å². The molecule has 3 aromatic rings. The van der Waals surface area contributed by atoms with Gasteiger partial charge in [-0.25, -0.2) is 4.98 Å². The number of aryl methyl sites for hydroxylation is 2. The Morgan fingerprint density at radius 1 is 1.25 bits per heavy atom. The van der Waals surface area contributed by atoms with E-state index in [0.717, 1.165) is 27.5 Å². The van der Waals surface area contributed by atoms with Crippen LogP contribution in [0.25, 0.3) is 10.6 Å². The SMILES string of the molecule is Cc1noc(C)c1CC(=O)N(C)Cc1csc(-c2ccccc2)n1. The Kier molecular flexibility index (Phi) is 4.76. The number of rotatable bonds is 5. The molecule has 5 nitrogen and oxygen atoms in total. The van der Waals surface area contributed by atoms with Gasteiger partial charge in [-0.2, -0.15) is 0 Å². The van der Waals surface area contributed by atoms with E-state index in [9.17, 15) is 4.79 Å². The van der Waals surface area contributed by atoms with Crippen molar-refractivity contribution in [3.05, 3.63) is 58.4 Å². The second-order valence-corrected chi connectivity index (χ2v) is 6.60. The van der Waals surface area contributed by atoms with Crippen molar-refractivity contribution in [3.63, 3.8) is 0 Å². The highest BCUT2D eigenvalue weighted by atomic mass is 32.1. The molecule has 0 aliphatic carbocycles. The van der Waals surface area contributed by atoms with Crippen LogP contribution in [0.1, 0.15) is 22.7 Å². The Morgan fingerprint density at radius 3 is 2.67 bits per heavy atom. The lowest BCUT2D eigenvalue weighted by atomic mass is 10.1. The zero-order valence-corrected chi connectivity index (χ0v) is 14.8. The fourth-order valence-corrected chi connectivity index (χ4v) is 3.28. The predicted octanol–water partition coefficient (Wildman–Crippen LogP) is 3.62. The molecule has 0 aliphatic heterocycles. The molecule has 1 aromatic carbocycles. The number of aromatic nitrogens is 2. The van der Waals surface area contributed by atoms with Gasteiger partial charge in [0, 0.05) is 23.6 Å². The minimum Gasteiger partial charge on any atom is -0.361 e. The predicted molar refractivity (Wildman–Crippen MR) is 93.7 cm³/mol. The maximum Gasteiger partial charge on any atom is 0.227 e. The molecule has 0 saturated carbocycles. The highest BCUT2D eigenvalue weighted by Crippen LogP contribution is 2.24. The minimum absolute atomic E-state index is 0.0265. The number of hydrogen-bond donors (Lipinski definition) is 0. The monoisotopic (exact) mass is 341 g/mol. The number of carbonyl (C=O) groups is 1. The third-order valence-corrected chi connectivity index (χ3v) is 4.85. The Bertz CT molecular complexity index is 820. The molecule has 2 heterocycles. The minimum atomic E-state index is 0.0265. The Balaban J connectivity index is 1.66. The summed E-state index contributed by atoms with van der Waals surface area (Å²) < 4.78 is 5.12. The van der Waals surface area contributed by atoms with Crippen LogP contribution in [0.2, 0.25) is 0 Å². The smallest absolute Gasteiger partial charge is 0.227 e. The van der Waals surface area contributed by atoms with Crippen molar-refractivity contribution in [1.29, 1.82) is 0 Å². The molecule has 0 atom stereocenters. The van der Waals surface area contributed by atoms with E-state index in [1.54, 1.807) is 23.3 Å². The topological polar surface area (TPSA) is 59.2 Å². The molecular formula is C18H19N3O2S. The molecule has 3 rings (SSSR count). The molecule has 0 saturated heterocycles. The van der Waals surface area contributed by atoms with Crippen LogP contribution in [0.15, 0.2) is 40.2 Å². The molecule has 0 fully saturated rings. The van der Waals surface area contributed by atoms with Crippen molar-refractivity contribution < 1.29 is 9.32 Å². The number of likely N-dealkylation sites (N-methyl/N-ethyl adjacent to an activating group) is 1. The standard InChI is InChI=1S/C18H19N3O2S/c1-12-16(13(2)23-20-12)9-17(22)21(3)10-15-11-24-18(19-15)14-7-5-4-6-8-14/h4-8,11H,9-10H2,1-3H3. The molecule has 6 heteroatoms. The number of hydrogen-bond acceptors (Lipinski definition) is 5. The van der Waals surface area contributed by atoms with Gasteiger partial charge < -0.3 is 9.42 Å². The van der Waals surface area contributed by atoms with Gasteiger partial charge in [0.1, 0.15) is 10.8 Å². The maximum absolute atomic E-state index is 12.4. The molecule has 0 spiro atoms. The molecule has 0 bridgehead atoms. The maximum atomic E-state index is 12.4. The van der Waals surface area contributed by atoms with Crippen LogP contribution in [-0.4, -0.2) is 28.0 Å². The van der Waals surface area contributed by atoms with Gasteiger partial charge in [0.25, 0.3) is 0 Å². The van der Waals surface area contributed by atoms with Crippen LogP contribution < -0.4 is 0 Å². The van der Waals surface area contributed by atoms with E-state index < -0.39 is 0 Å². The van der Waals surface area contributed by atoms with E-state index in [1.807, 2.05) is 49.6 Å². The van der Waals surface area contributed by atoms with E-state index in [-0.39, 0.29) is 5.91 Å². The lowest BCUT2D eigenvalue weighted by Crippen LogP contribution is -2.28. The van der Waals surface area contributed by atoms with E-state index in [1.165, 1.54) is 0 Å². The van der Waals surface area contributed by atoms with Gasteiger partial charge in [-0.3, -0.25) is 4.79 Å². The summed E-state index contributed by atoms with van der Waals surface area (Å²) in [5, 5.41) is 6.86. The fraction of sp³-hybridized carbons (Fsp3) is 0.278. The zero-order chi connectivity index (χ0) is 17.1. The number of amides is 1. The van der Waals surface area contributed by atoms with Gasteiger partial charge in [-0.1, -0.05) is 35.5 Å². The second kappa shape index (κ2) is 6.97. The quantitative estimate of drug-likeness (QED) is 0.711. The summed E-state index contributed by atoms with van der Waals surface area (Å²) in [5.41, 5.74) is 3.64. The van der Waals surface area contributed by atoms with Crippen LogP contribution >= 0.6 is 11.3 Å². The third kappa shape index (κ3) is 3.54. The summed E-state index contributed by atoms with van der Waals surface area (Å²) in [6.45, 7) is 4.17. The van der Waals surface area contributed by atoms with Crippen molar-refractivity contribution in [3.8, 4) is 10.6 Å². The Labute approximate surface area is 144 Å². The van der Waals surface area contributed by atoms with Crippen LogP contribution in [0.3, 0.4) is 0 Å². The summed E-state index contributed by atoms with van der Waals surface area (Å²) in [6.07, 6.45) is 0.299. The average Bonchev–Trinajstić information content (AvgIpc) is 3.17. The van der Waals surface area contributed by atoms with E-state index >= 15 is 0 Å². The van der Waals surface area contributed by atoms with Crippen molar-refractivity contribution in [2.75, 3.05) is 7.05 Å². The van der Waals surface area contributed by atoms with Crippen molar-refractivity contribution in [2.45, 2.75) is 26.8 Å². The first-order valence-electron chi connectivity index (χ1n) is 7.70. The van der Waals surface area contributed by atoms with Gasteiger partial charge in [0.15, 0.2) is 0 Å². The summed E-state index contributed by atoms with van der Waals surface area (Å²) in [6, 6.07) is 10.0. The first-order valence-corrected chi connectivity index (χ1v) is 8.58. The van der Waals surface area contributed by atoms with Crippen LogP contribution in [0.4, 0.5) is 0 Å². The molecule has 24 heavy (non-hydrogen) atoms. The van der Waals surface area contributed by atoms with E-state index in [2.05, 4.69) is 10.1 Å². The molecule has 124 valence electrons.